The highest BCUT2D eigenvalue weighted by Crippen LogP contribution is 2.66. The summed E-state index contributed by atoms with van der Waals surface area (Å²) >= 11 is 1.81. The van der Waals surface area contributed by atoms with Gasteiger partial charge in [-0.25, -0.2) is 9.28 Å². The molecule has 34 heavy (non-hydrogen) atoms. The molecule has 1 spiro atoms. The Kier molecular flexibility index (Phi) is 4.46. The van der Waals surface area contributed by atoms with E-state index in [-0.39, 0.29) is 23.4 Å². The second-order valence-corrected chi connectivity index (χ2v) is 11.4. The molecule has 1 aromatic carbocycles. The molecule has 0 bridgehead atoms. The monoisotopic (exact) mass is 469 g/mol. The smallest absolute Gasteiger partial charge is 0.330 e. The normalized spacial score (nSPS) is 29.6. The first-order chi connectivity index (χ1) is 16.6. The number of nitrogens with zero attached hydrogens (tertiary/aromatic N) is 2. The first kappa shape index (κ1) is 20.6. The van der Waals surface area contributed by atoms with Gasteiger partial charge < -0.3 is 4.90 Å². The Labute approximate surface area is 204 Å². The van der Waals surface area contributed by atoms with Gasteiger partial charge in [-0.05, 0) is 54.3 Å². The average Bonchev–Trinajstić information content (AvgIpc) is 3.16. The first-order valence-corrected chi connectivity index (χ1v) is 13.5. The van der Waals surface area contributed by atoms with Crippen LogP contribution in [0.15, 0.2) is 77.4 Å². The number of amides is 2. The van der Waals surface area contributed by atoms with E-state index in [4.69, 9.17) is 0 Å². The predicted molar refractivity (Wildman–Crippen MR) is 133 cm³/mol. The Bertz CT molecular complexity index is 1280. The van der Waals surface area contributed by atoms with Crippen LogP contribution in [0.2, 0.25) is 0 Å². The zero-order valence-electron chi connectivity index (χ0n) is 19.3. The van der Waals surface area contributed by atoms with E-state index in [0.29, 0.717) is 23.4 Å². The molecule has 7 rings (SSSR count). The highest BCUT2D eigenvalue weighted by Gasteiger charge is 2.79. The van der Waals surface area contributed by atoms with Gasteiger partial charge in [-0.3, -0.25) is 4.79 Å². The van der Waals surface area contributed by atoms with Gasteiger partial charge in [0, 0.05) is 17.0 Å². The van der Waals surface area contributed by atoms with Gasteiger partial charge in [-0.2, -0.15) is 0 Å². The lowest BCUT2D eigenvalue weighted by molar-refractivity contribution is -0.710. The van der Waals surface area contributed by atoms with E-state index < -0.39 is 0 Å². The van der Waals surface area contributed by atoms with Crippen molar-refractivity contribution in [2.24, 2.45) is 5.41 Å². The lowest BCUT2D eigenvalue weighted by Gasteiger charge is -2.38. The van der Waals surface area contributed by atoms with Crippen LogP contribution in [0.3, 0.4) is 0 Å². The van der Waals surface area contributed by atoms with Crippen molar-refractivity contribution < 1.29 is 14.1 Å². The third-order valence-corrected chi connectivity index (χ3v) is 9.92. The van der Waals surface area contributed by atoms with E-state index in [1.807, 2.05) is 17.4 Å². The Hall–Kier alpha value is -2.76. The number of hydrogen-bond donors (Lipinski definition) is 0. The summed E-state index contributed by atoms with van der Waals surface area (Å²) < 4.78 is 0.419. The number of fused-ring (bicyclic) bond motifs is 3. The molecule has 3 aliphatic heterocycles. The van der Waals surface area contributed by atoms with Crippen molar-refractivity contribution in [3.63, 3.8) is 0 Å². The molecule has 4 nitrogen and oxygen atoms in total. The molecule has 3 atom stereocenters. The largest absolute Gasteiger partial charge is 0.335 e. The van der Waals surface area contributed by atoms with Crippen LogP contribution >= 0.6 is 11.3 Å². The molecule has 2 amide bonds. The minimum absolute atomic E-state index is 0.0782. The number of rotatable bonds is 5. The second kappa shape index (κ2) is 7.37. The average molecular weight is 470 g/mol. The second-order valence-electron chi connectivity index (χ2n) is 10.4. The Morgan fingerprint density at radius 2 is 2.00 bits per heavy atom. The summed E-state index contributed by atoms with van der Waals surface area (Å²) in [4.78, 5) is 31.0. The minimum Gasteiger partial charge on any atom is -0.335 e. The first-order valence-electron chi connectivity index (χ1n) is 12.6. The van der Waals surface area contributed by atoms with Gasteiger partial charge in [0.05, 0.1) is 12.5 Å². The third kappa shape index (κ3) is 2.68. The van der Waals surface area contributed by atoms with E-state index in [1.54, 1.807) is 0 Å². The highest BCUT2D eigenvalue weighted by molar-refractivity contribution is 7.10. The summed E-state index contributed by atoms with van der Waals surface area (Å²) in [7, 11) is 0. The van der Waals surface area contributed by atoms with Crippen LogP contribution in [0.25, 0.3) is 0 Å². The molecular formula is C29H29N2O2S+. The molecule has 2 aliphatic carbocycles. The number of hydrogen-bond acceptors (Lipinski definition) is 3. The van der Waals surface area contributed by atoms with E-state index >= 15 is 0 Å². The van der Waals surface area contributed by atoms with Crippen LogP contribution < -0.4 is 0 Å². The summed E-state index contributed by atoms with van der Waals surface area (Å²) in [6, 6.07) is 12.9. The van der Waals surface area contributed by atoms with Gasteiger partial charge in [0.1, 0.15) is 12.0 Å². The van der Waals surface area contributed by atoms with E-state index in [2.05, 4.69) is 64.9 Å². The van der Waals surface area contributed by atoms with Crippen LogP contribution in [-0.2, 0) is 22.4 Å². The third-order valence-electron chi connectivity index (χ3n) is 8.92. The van der Waals surface area contributed by atoms with Gasteiger partial charge >= 0.3 is 5.91 Å². The molecule has 172 valence electrons. The van der Waals surface area contributed by atoms with Gasteiger partial charge in [0.2, 0.25) is 5.91 Å². The van der Waals surface area contributed by atoms with E-state index in [9.17, 15) is 9.59 Å². The standard InChI is InChI=1S/C29H29N2O2S/c32-26(30-16-11-25-21(13-18-34-25)23(30)19-20-7-2-1-3-8-20)12-17-31-24-10-5-4-9-22(27(24)31)29(28(31)33)14-6-15-29/h1-5,7-10,13,18,23-24H,6,11-12,14-17,19H2/q+1. The van der Waals surface area contributed by atoms with Crippen LogP contribution in [0.5, 0.6) is 0 Å². The summed E-state index contributed by atoms with van der Waals surface area (Å²) in [5, 5.41) is 2.16. The van der Waals surface area contributed by atoms with Gasteiger partial charge in [-0.15, -0.1) is 11.3 Å². The van der Waals surface area contributed by atoms with Crippen molar-refractivity contribution >= 4 is 23.2 Å². The van der Waals surface area contributed by atoms with Crippen LogP contribution in [0, 0.1) is 5.41 Å². The fourth-order valence-corrected chi connectivity index (χ4v) is 7.98. The van der Waals surface area contributed by atoms with Gasteiger partial charge in [0.15, 0.2) is 11.7 Å². The molecule has 1 saturated carbocycles. The van der Waals surface area contributed by atoms with E-state index in [1.165, 1.54) is 27.3 Å². The molecule has 4 heterocycles. The summed E-state index contributed by atoms with van der Waals surface area (Å²) in [5.41, 5.74) is 4.86. The maximum Gasteiger partial charge on any atom is 0.330 e. The topological polar surface area (TPSA) is 37.4 Å². The lowest BCUT2D eigenvalue weighted by atomic mass is 9.63. The highest BCUT2D eigenvalue weighted by atomic mass is 32.1. The maximum atomic E-state index is 13.8. The quantitative estimate of drug-likeness (QED) is 0.452. The lowest BCUT2D eigenvalue weighted by Crippen LogP contribution is -2.49. The fraction of sp³-hybridized carbons (Fsp3) is 0.379. The number of carbonyl (C=O) groups excluding carboxylic acids is 2. The van der Waals surface area contributed by atoms with Crippen molar-refractivity contribution in [3.8, 4) is 0 Å². The van der Waals surface area contributed by atoms with Crippen molar-refractivity contribution in [2.45, 2.75) is 50.6 Å². The zero-order chi connectivity index (χ0) is 22.9. The number of benzene rings is 1. The molecule has 0 radical (unpaired) electrons. The number of quaternary nitrogens is 1. The van der Waals surface area contributed by atoms with Crippen molar-refractivity contribution in [2.75, 3.05) is 13.1 Å². The van der Waals surface area contributed by atoms with Gasteiger partial charge in [0.25, 0.3) is 0 Å². The zero-order valence-corrected chi connectivity index (χ0v) is 20.1. The van der Waals surface area contributed by atoms with E-state index in [0.717, 1.165) is 38.6 Å². The van der Waals surface area contributed by atoms with Crippen molar-refractivity contribution in [1.29, 1.82) is 0 Å². The molecule has 1 aromatic heterocycles. The van der Waals surface area contributed by atoms with Gasteiger partial charge in [-0.1, -0.05) is 55.0 Å². The summed E-state index contributed by atoms with van der Waals surface area (Å²) in [6.45, 7) is 1.37. The molecule has 5 heteroatoms. The fourth-order valence-electron chi connectivity index (χ4n) is 7.05. The Morgan fingerprint density at radius 3 is 2.79 bits per heavy atom. The predicted octanol–water partition coefficient (Wildman–Crippen LogP) is 5.10. The van der Waals surface area contributed by atoms with Crippen LogP contribution in [-0.4, -0.2) is 40.3 Å². The molecule has 2 fully saturated rings. The molecule has 3 unspecified atom stereocenters. The number of carbonyl (C=O) groups is 2. The molecule has 1 saturated heterocycles. The Balaban J connectivity index is 1.14. The molecule has 0 N–H and O–H groups in total. The summed E-state index contributed by atoms with van der Waals surface area (Å²) in [6.07, 6.45) is 13.8. The SMILES string of the molecule is O=C(CC[N+]12C(=O)C3(CCC3)C3=C1C2C=CC=C3)N1CCc2sccc2C1Cc1ccccc1. The Morgan fingerprint density at radius 1 is 1.15 bits per heavy atom. The van der Waals surface area contributed by atoms with Crippen molar-refractivity contribution in [3.05, 3.63) is 93.4 Å². The molecular weight excluding hydrogens is 440 g/mol. The van der Waals surface area contributed by atoms with Crippen molar-refractivity contribution in [1.82, 2.24) is 4.90 Å². The maximum absolute atomic E-state index is 13.8. The van der Waals surface area contributed by atoms with Crippen LogP contribution in [0.1, 0.15) is 47.7 Å². The van der Waals surface area contributed by atoms with Crippen LogP contribution in [0.4, 0.5) is 0 Å². The number of thiophene rings is 1. The summed E-state index contributed by atoms with van der Waals surface area (Å²) in [5.74, 6) is 0.549. The molecule has 2 aromatic rings. The number of allylic oxidation sites excluding steroid dienone is 3. The minimum atomic E-state index is -0.260. The molecule has 5 aliphatic rings.